The highest BCUT2D eigenvalue weighted by Crippen LogP contribution is 2.24. The van der Waals surface area contributed by atoms with E-state index in [4.69, 9.17) is 19.7 Å². The number of ether oxygens (including phenoxy) is 2. The molecule has 15 heavy (non-hydrogen) atoms. The van der Waals surface area contributed by atoms with Crippen molar-refractivity contribution in [2.24, 2.45) is 5.41 Å². The van der Waals surface area contributed by atoms with Gasteiger partial charge < -0.3 is 19.7 Å². The molecule has 0 spiro atoms. The van der Waals surface area contributed by atoms with Gasteiger partial charge in [-0.25, -0.2) is 0 Å². The molecule has 4 heteroatoms. The molecule has 0 aliphatic heterocycles. The van der Waals surface area contributed by atoms with Crippen molar-refractivity contribution in [3.8, 4) is 0 Å². The van der Waals surface area contributed by atoms with Crippen LogP contribution >= 0.6 is 0 Å². The van der Waals surface area contributed by atoms with E-state index < -0.39 is 0 Å². The van der Waals surface area contributed by atoms with E-state index in [9.17, 15) is 0 Å². The number of hydrogen-bond acceptors (Lipinski definition) is 4. The first-order valence-corrected chi connectivity index (χ1v) is 5.55. The van der Waals surface area contributed by atoms with Gasteiger partial charge >= 0.3 is 0 Å². The lowest BCUT2D eigenvalue weighted by Crippen LogP contribution is -2.30. The van der Waals surface area contributed by atoms with E-state index in [0.717, 1.165) is 12.8 Å². The molecular weight excluding hydrogens is 196 g/mol. The molecule has 0 amide bonds. The predicted molar refractivity (Wildman–Crippen MR) is 58.8 cm³/mol. The van der Waals surface area contributed by atoms with E-state index in [0.29, 0.717) is 26.4 Å². The fourth-order valence-corrected chi connectivity index (χ4v) is 1.56. The smallest absolute Gasteiger partial charge is 0.0697 e. The highest BCUT2D eigenvalue weighted by atomic mass is 16.5. The average Bonchev–Trinajstić information content (AvgIpc) is 2.19. The maximum Gasteiger partial charge on any atom is 0.0697 e. The second kappa shape index (κ2) is 9.09. The third-order valence-corrected chi connectivity index (χ3v) is 2.23. The van der Waals surface area contributed by atoms with Crippen molar-refractivity contribution in [1.82, 2.24) is 0 Å². The maximum absolute atomic E-state index is 8.62. The number of hydrogen-bond donors (Lipinski definition) is 2. The van der Waals surface area contributed by atoms with Crippen molar-refractivity contribution in [1.29, 1.82) is 0 Å². The summed E-state index contributed by atoms with van der Waals surface area (Å²) < 4.78 is 10.7. The Kier molecular flexibility index (Phi) is 9.00. The standard InChI is InChI=1S/C11H24O4/c1-3-4-11(2,9-14-7-5-12)10-15-8-6-13/h12-13H,3-10H2,1-2H3. The van der Waals surface area contributed by atoms with Crippen molar-refractivity contribution in [3.05, 3.63) is 0 Å². The van der Waals surface area contributed by atoms with E-state index >= 15 is 0 Å². The minimum Gasteiger partial charge on any atom is -0.394 e. The van der Waals surface area contributed by atoms with Crippen molar-refractivity contribution in [2.45, 2.75) is 26.7 Å². The largest absolute Gasteiger partial charge is 0.394 e. The van der Waals surface area contributed by atoms with Crippen LogP contribution in [0.3, 0.4) is 0 Å². The molecule has 0 rings (SSSR count). The molecule has 0 radical (unpaired) electrons. The normalized spacial score (nSPS) is 12.0. The summed E-state index contributed by atoms with van der Waals surface area (Å²) in [5, 5.41) is 17.2. The van der Waals surface area contributed by atoms with Gasteiger partial charge in [0.25, 0.3) is 0 Å². The zero-order valence-corrected chi connectivity index (χ0v) is 9.87. The highest BCUT2D eigenvalue weighted by Gasteiger charge is 2.23. The van der Waals surface area contributed by atoms with Crippen LogP contribution in [0.4, 0.5) is 0 Å². The van der Waals surface area contributed by atoms with Crippen LogP contribution in [0.2, 0.25) is 0 Å². The van der Waals surface area contributed by atoms with Gasteiger partial charge in [0.15, 0.2) is 0 Å². The lowest BCUT2D eigenvalue weighted by atomic mass is 9.87. The Morgan fingerprint density at radius 2 is 1.47 bits per heavy atom. The Bertz CT molecular complexity index is 129. The molecule has 0 aliphatic carbocycles. The first kappa shape index (κ1) is 14.8. The molecular formula is C11H24O4. The van der Waals surface area contributed by atoms with E-state index in [2.05, 4.69) is 13.8 Å². The summed E-state index contributed by atoms with van der Waals surface area (Å²) in [6.45, 7) is 6.26. The monoisotopic (exact) mass is 220 g/mol. The molecule has 0 aromatic carbocycles. The summed E-state index contributed by atoms with van der Waals surface area (Å²) >= 11 is 0. The first-order chi connectivity index (χ1) is 7.18. The van der Waals surface area contributed by atoms with Crippen LogP contribution < -0.4 is 0 Å². The Labute approximate surface area is 92.2 Å². The highest BCUT2D eigenvalue weighted by molar-refractivity contribution is 4.73. The summed E-state index contributed by atoms with van der Waals surface area (Å²) in [5.74, 6) is 0. The van der Waals surface area contributed by atoms with Crippen LogP contribution in [0.5, 0.6) is 0 Å². The molecule has 0 aliphatic rings. The minimum absolute atomic E-state index is 0.0148. The molecule has 0 saturated heterocycles. The molecule has 2 N–H and O–H groups in total. The van der Waals surface area contributed by atoms with Gasteiger partial charge in [0.2, 0.25) is 0 Å². The van der Waals surface area contributed by atoms with Gasteiger partial charge in [0.1, 0.15) is 0 Å². The second-order valence-corrected chi connectivity index (χ2v) is 4.11. The summed E-state index contributed by atoms with van der Waals surface area (Å²) in [6, 6.07) is 0. The van der Waals surface area contributed by atoms with Gasteiger partial charge in [-0.1, -0.05) is 20.3 Å². The Morgan fingerprint density at radius 3 is 1.80 bits per heavy atom. The molecule has 4 nitrogen and oxygen atoms in total. The van der Waals surface area contributed by atoms with Gasteiger partial charge in [0, 0.05) is 5.41 Å². The van der Waals surface area contributed by atoms with Crippen LogP contribution in [0.15, 0.2) is 0 Å². The van der Waals surface area contributed by atoms with Gasteiger partial charge in [-0.15, -0.1) is 0 Å². The van der Waals surface area contributed by atoms with Gasteiger partial charge in [-0.2, -0.15) is 0 Å². The average molecular weight is 220 g/mol. The minimum atomic E-state index is -0.0148. The van der Waals surface area contributed by atoms with Gasteiger partial charge in [0.05, 0.1) is 39.6 Å². The number of aliphatic hydroxyl groups is 2. The SMILES string of the molecule is CCCC(C)(COCCO)COCCO. The lowest BCUT2D eigenvalue weighted by molar-refractivity contribution is -0.0313. The third kappa shape index (κ3) is 7.73. The summed E-state index contributed by atoms with van der Waals surface area (Å²) in [5.41, 5.74) is -0.0148. The molecule has 0 atom stereocenters. The first-order valence-electron chi connectivity index (χ1n) is 5.55. The van der Waals surface area contributed by atoms with Crippen LogP contribution in [0, 0.1) is 5.41 Å². The maximum atomic E-state index is 8.62. The molecule has 92 valence electrons. The lowest BCUT2D eigenvalue weighted by Gasteiger charge is -2.28. The quantitative estimate of drug-likeness (QED) is 0.535. The Morgan fingerprint density at radius 1 is 1.00 bits per heavy atom. The number of aliphatic hydroxyl groups excluding tert-OH is 2. The predicted octanol–water partition coefficient (Wildman–Crippen LogP) is 0.811. The van der Waals surface area contributed by atoms with Gasteiger partial charge in [-0.3, -0.25) is 0 Å². The van der Waals surface area contributed by atoms with E-state index in [-0.39, 0.29) is 18.6 Å². The zero-order chi connectivity index (χ0) is 11.6. The molecule has 0 aromatic heterocycles. The molecule has 0 fully saturated rings. The number of rotatable bonds is 10. The van der Waals surface area contributed by atoms with Crippen LogP contribution in [0.25, 0.3) is 0 Å². The van der Waals surface area contributed by atoms with Crippen LogP contribution in [-0.4, -0.2) is 49.9 Å². The second-order valence-electron chi connectivity index (χ2n) is 4.11. The summed E-state index contributed by atoms with van der Waals surface area (Å²) in [6.07, 6.45) is 2.09. The van der Waals surface area contributed by atoms with Crippen molar-refractivity contribution in [2.75, 3.05) is 39.6 Å². The third-order valence-electron chi connectivity index (χ3n) is 2.23. The van der Waals surface area contributed by atoms with Crippen molar-refractivity contribution >= 4 is 0 Å². The summed E-state index contributed by atoms with van der Waals surface area (Å²) in [7, 11) is 0. The molecule has 0 heterocycles. The van der Waals surface area contributed by atoms with Gasteiger partial charge in [-0.05, 0) is 6.42 Å². The Balaban J connectivity index is 3.83. The van der Waals surface area contributed by atoms with E-state index in [1.54, 1.807) is 0 Å². The molecule has 0 aromatic rings. The van der Waals surface area contributed by atoms with Crippen molar-refractivity contribution in [3.63, 3.8) is 0 Å². The zero-order valence-electron chi connectivity index (χ0n) is 9.87. The van der Waals surface area contributed by atoms with E-state index in [1.807, 2.05) is 0 Å². The topological polar surface area (TPSA) is 58.9 Å². The molecule has 0 unspecified atom stereocenters. The Hall–Kier alpha value is -0.160. The van der Waals surface area contributed by atoms with E-state index in [1.165, 1.54) is 0 Å². The fraction of sp³-hybridized carbons (Fsp3) is 1.00. The summed E-state index contributed by atoms with van der Waals surface area (Å²) in [4.78, 5) is 0. The van der Waals surface area contributed by atoms with Crippen molar-refractivity contribution < 1.29 is 19.7 Å². The molecule has 0 saturated carbocycles. The molecule has 0 bridgehead atoms. The van der Waals surface area contributed by atoms with Crippen LogP contribution in [-0.2, 0) is 9.47 Å². The fourth-order valence-electron chi connectivity index (χ4n) is 1.56. The van der Waals surface area contributed by atoms with Crippen LogP contribution in [0.1, 0.15) is 26.7 Å².